The molecular weight excluding hydrogens is 224 g/mol. The van der Waals surface area contributed by atoms with Crippen molar-refractivity contribution in [3.63, 3.8) is 0 Å². The Hall–Kier alpha value is -0.790. The quantitative estimate of drug-likeness (QED) is 0.495. The van der Waals surface area contributed by atoms with Crippen LogP contribution < -0.4 is 0 Å². The third-order valence-electron chi connectivity index (χ3n) is 4.58. The number of carbonyl (C=O) groups excluding carboxylic acids is 1. The van der Waals surface area contributed by atoms with Crippen molar-refractivity contribution in [2.24, 2.45) is 23.7 Å². The second-order valence-electron chi connectivity index (χ2n) is 5.85. The first kappa shape index (κ1) is 17.2. The largest absolute Gasteiger partial charge is 0.459 e. The Kier molecular flexibility index (Phi) is 7.27. The molecule has 106 valence electrons. The van der Waals surface area contributed by atoms with E-state index < -0.39 is 0 Å². The maximum Gasteiger partial charge on any atom is 0.333 e. The van der Waals surface area contributed by atoms with E-state index in [4.69, 9.17) is 4.74 Å². The number of hydrogen-bond acceptors (Lipinski definition) is 2. The molecule has 2 heteroatoms. The Bertz CT molecular complexity index is 283. The Morgan fingerprint density at radius 1 is 1.06 bits per heavy atom. The highest BCUT2D eigenvalue weighted by Gasteiger charge is 2.28. The normalized spacial score (nSPS) is 19.5. The fraction of sp³-hybridized carbons (Fsp3) is 0.812. The fourth-order valence-electron chi connectivity index (χ4n) is 2.17. The summed E-state index contributed by atoms with van der Waals surface area (Å²) in [5, 5.41) is 0. The summed E-state index contributed by atoms with van der Waals surface area (Å²) in [6, 6.07) is 0. The second-order valence-corrected chi connectivity index (χ2v) is 5.85. The van der Waals surface area contributed by atoms with Crippen molar-refractivity contribution in [1.82, 2.24) is 0 Å². The maximum atomic E-state index is 11.5. The highest BCUT2D eigenvalue weighted by atomic mass is 16.5. The third kappa shape index (κ3) is 4.83. The zero-order valence-electron chi connectivity index (χ0n) is 13.1. The van der Waals surface area contributed by atoms with Crippen LogP contribution in [0.1, 0.15) is 54.9 Å². The smallest absolute Gasteiger partial charge is 0.333 e. The van der Waals surface area contributed by atoms with Gasteiger partial charge in [-0.3, -0.25) is 0 Å². The SMILES string of the molecule is C=C(C)C(=O)OC(C)C(C)C(C)C(C)C(C)CC. The topological polar surface area (TPSA) is 26.3 Å². The molecule has 0 amide bonds. The molecule has 0 aromatic heterocycles. The molecule has 0 aromatic carbocycles. The van der Waals surface area contributed by atoms with Gasteiger partial charge in [-0.1, -0.05) is 47.6 Å². The van der Waals surface area contributed by atoms with Crippen LogP contribution >= 0.6 is 0 Å². The second kappa shape index (κ2) is 7.60. The Labute approximate surface area is 113 Å². The van der Waals surface area contributed by atoms with Crippen LogP contribution in [0.3, 0.4) is 0 Å². The van der Waals surface area contributed by atoms with Gasteiger partial charge in [-0.05, 0) is 37.5 Å². The summed E-state index contributed by atoms with van der Waals surface area (Å²) in [4.78, 5) is 11.5. The molecule has 0 rings (SSSR count). The minimum absolute atomic E-state index is 0.0595. The molecule has 0 saturated heterocycles. The minimum atomic E-state index is -0.280. The van der Waals surface area contributed by atoms with Crippen molar-refractivity contribution in [2.45, 2.75) is 61.0 Å². The Balaban J connectivity index is 4.49. The zero-order valence-corrected chi connectivity index (χ0v) is 13.1. The van der Waals surface area contributed by atoms with Crippen LogP contribution in [0.5, 0.6) is 0 Å². The molecule has 0 spiro atoms. The first-order valence-electron chi connectivity index (χ1n) is 7.08. The van der Waals surface area contributed by atoms with E-state index in [1.54, 1.807) is 6.92 Å². The third-order valence-corrected chi connectivity index (χ3v) is 4.58. The van der Waals surface area contributed by atoms with Gasteiger partial charge in [0.05, 0.1) is 0 Å². The first-order chi connectivity index (χ1) is 8.22. The van der Waals surface area contributed by atoms with Gasteiger partial charge in [-0.2, -0.15) is 0 Å². The molecule has 0 heterocycles. The van der Waals surface area contributed by atoms with Gasteiger partial charge >= 0.3 is 5.97 Å². The van der Waals surface area contributed by atoms with E-state index in [9.17, 15) is 4.79 Å². The highest BCUT2D eigenvalue weighted by molar-refractivity contribution is 5.87. The van der Waals surface area contributed by atoms with Crippen LogP contribution in [0.4, 0.5) is 0 Å². The molecule has 0 fully saturated rings. The van der Waals surface area contributed by atoms with Gasteiger partial charge < -0.3 is 4.74 Å². The molecule has 18 heavy (non-hydrogen) atoms. The molecule has 0 bridgehead atoms. The van der Waals surface area contributed by atoms with E-state index in [1.165, 1.54) is 6.42 Å². The predicted octanol–water partition coefficient (Wildman–Crippen LogP) is 4.45. The number of rotatable bonds is 7. The van der Waals surface area contributed by atoms with Crippen molar-refractivity contribution in [3.05, 3.63) is 12.2 Å². The molecule has 5 atom stereocenters. The van der Waals surface area contributed by atoms with Crippen LogP contribution in [-0.4, -0.2) is 12.1 Å². The lowest BCUT2D eigenvalue weighted by Crippen LogP contribution is -2.31. The highest BCUT2D eigenvalue weighted by Crippen LogP contribution is 2.31. The summed E-state index contributed by atoms with van der Waals surface area (Å²) < 4.78 is 5.42. The van der Waals surface area contributed by atoms with Crippen LogP contribution in [0.15, 0.2) is 12.2 Å². The summed E-state index contributed by atoms with van der Waals surface area (Å²) in [5.74, 6) is 1.95. The van der Waals surface area contributed by atoms with Crippen molar-refractivity contribution in [3.8, 4) is 0 Å². The molecule has 5 unspecified atom stereocenters. The van der Waals surface area contributed by atoms with Crippen LogP contribution in [0.25, 0.3) is 0 Å². The molecule has 0 aliphatic rings. The van der Waals surface area contributed by atoms with Gasteiger partial charge in [-0.25, -0.2) is 4.79 Å². The van der Waals surface area contributed by atoms with Gasteiger partial charge in [0.15, 0.2) is 0 Å². The fourth-order valence-corrected chi connectivity index (χ4v) is 2.17. The standard InChI is InChI=1S/C16H30O2/c1-9-11(4)12(5)13(6)14(7)15(8)18-16(17)10(2)3/h11-15H,2,9H2,1,3-8H3. The molecule has 0 saturated carbocycles. The molecule has 0 aromatic rings. The lowest BCUT2D eigenvalue weighted by Gasteiger charge is -2.33. The van der Waals surface area contributed by atoms with Crippen molar-refractivity contribution >= 4 is 5.97 Å². The van der Waals surface area contributed by atoms with Crippen LogP contribution in [-0.2, 0) is 9.53 Å². The van der Waals surface area contributed by atoms with Gasteiger partial charge in [0.2, 0.25) is 0 Å². The zero-order chi connectivity index (χ0) is 14.5. The molecule has 0 radical (unpaired) electrons. The van der Waals surface area contributed by atoms with Gasteiger partial charge in [-0.15, -0.1) is 0 Å². The van der Waals surface area contributed by atoms with Crippen molar-refractivity contribution in [1.29, 1.82) is 0 Å². The average Bonchev–Trinajstić information content (AvgIpc) is 2.34. The molecular formula is C16H30O2. The number of hydrogen-bond donors (Lipinski definition) is 0. The van der Waals surface area contributed by atoms with Crippen molar-refractivity contribution in [2.75, 3.05) is 0 Å². The number of esters is 1. The number of carbonyl (C=O) groups is 1. The summed E-state index contributed by atoms with van der Waals surface area (Å²) in [5.41, 5.74) is 0.469. The van der Waals surface area contributed by atoms with Gasteiger partial charge in [0.1, 0.15) is 6.10 Å². The average molecular weight is 254 g/mol. The maximum absolute atomic E-state index is 11.5. The van der Waals surface area contributed by atoms with Gasteiger partial charge in [0.25, 0.3) is 0 Å². The van der Waals surface area contributed by atoms with Gasteiger partial charge in [0, 0.05) is 5.57 Å². The van der Waals surface area contributed by atoms with E-state index in [0.717, 1.165) is 0 Å². The van der Waals surface area contributed by atoms with E-state index in [0.29, 0.717) is 29.2 Å². The molecule has 0 aliphatic heterocycles. The Morgan fingerprint density at radius 3 is 1.94 bits per heavy atom. The predicted molar refractivity (Wildman–Crippen MR) is 77.3 cm³/mol. The summed E-state index contributed by atoms with van der Waals surface area (Å²) in [7, 11) is 0. The molecule has 2 nitrogen and oxygen atoms in total. The lowest BCUT2D eigenvalue weighted by atomic mass is 9.76. The number of ether oxygens (including phenoxy) is 1. The van der Waals surface area contributed by atoms with E-state index in [1.807, 2.05) is 6.92 Å². The van der Waals surface area contributed by atoms with E-state index in [2.05, 4.69) is 41.2 Å². The van der Waals surface area contributed by atoms with Crippen LogP contribution in [0, 0.1) is 23.7 Å². The van der Waals surface area contributed by atoms with Crippen molar-refractivity contribution < 1.29 is 9.53 Å². The lowest BCUT2D eigenvalue weighted by molar-refractivity contribution is -0.147. The minimum Gasteiger partial charge on any atom is -0.459 e. The summed E-state index contributed by atoms with van der Waals surface area (Å²) in [6.07, 6.45) is 1.13. The Morgan fingerprint density at radius 2 is 1.56 bits per heavy atom. The van der Waals surface area contributed by atoms with E-state index >= 15 is 0 Å². The first-order valence-corrected chi connectivity index (χ1v) is 7.08. The van der Waals surface area contributed by atoms with E-state index in [-0.39, 0.29) is 12.1 Å². The summed E-state index contributed by atoms with van der Waals surface area (Å²) in [6.45, 7) is 18.5. The summed E-state index contributed by atoms with van der Waals surface area (Å²) >= 11 is 0. The monoisotopic (exact) mass is 254 g/mol. The molecule has 0 aliphatic carbocycles. The molecule has 0 N–H and O–H groups in total. The van der Waals surface area contributed by atoms with Crippen LogP contribution in [0.2, 0.25) is 0 Å².